The predicted octanol–water partition coefficient (Wildman–Crippen LogP) is 2.00. The van der Waals surface area contributed by atoms with E-state index in [4.69, 9.17) is 9.47 Å². The third-order valence-corrected chi connectivity index (χ3v) is 3.05. The molecule has 20 heavy (non-hydrogen) atoms. The first-order valence-electron chi connectivity index (χ1n) is 7.19. The molecule has 0 saturated heterocycles. The molecule has 0 spiro atoms. The van der Waals surface area contributed by atoms with Gasteiger partial charge in [-0.15, -0.1) is 0 Å². The fourth-order valence-electron chi connectivity index (χ4n) is 1.92. The van der Waals surface area contributed by atoms with Crippen molar-refractivity contribution in [3.63, 3.8) is 0 Å². The summed E-state index contributed by atoms with van der Waals surface area (Å²) in [5.41, 5.74) is 1.22. The number of rotatable bonds is 11. The lowest BCUT2D eigenvalue weighted by atomic mass is 10.2. The van der Waals surface area contributed by atoms with E-state index in [-0.39, 0.29) is 0 Å². The van der Waals surface area contributed by atoms with Crippen LogP contribution in [0.15, 0.2) is 18.3 Å². The van der Waals surface area contributed by atoms with Crippen molar-refractivity contribution in [2.24, 2.45) is 0 Å². The molecule has 1 aromatic rings. The molecule has 0 bridgehead atoms. The van der Waals surface area contributed by atoms with Crippen LogP contribution < -0.4 is 5.32 Å². The molecule has 5 nitrogen and oxygen atoms in total. The van der Waals surface area contributed by atoms with Gasteiger partial charge in [-0.25, -0.2) is 4.98 Å². The predicted molar refractivity (Wildman–Crippen MR) is 82.0 cm³/mol. The van der Waals surface area contributed by atoms with Gasteiger partial charge in [0.1, 0.15) is 5.82 Å². The van der Waals surface area contributed by atoms with Gasteiger partial charge in [-0.2, -0.15) is 0 Å². The number of ether oxygens (including phenoxy) is 2. The Morgan fingerprint density at radius 3 is 2.50 bits per heavy atom. The maximum atomic E-state index is 5.17. The highest BCUT2D eigenvalue weighted by molar-refractivity contribution is 5.43. The van der Waals surface area contributed by atoms with Gasteiger partial charge in [0, 0.05) is 52.2 Å². The van der Waals surface area contributed by atoms with Crippen molar-refractivity contribution in [2.75, 3.05) is 52.4 Å². The summed E-state index contributed by atoms with van der Waals surface area (Å²) >= 11 is 0. The van der Waals surface area contributed by atoms with Gasteiger partial charge in [-0.3, -0.25) is 4.90 Å². The van der Waals surface area contributed by atoms with Crippen LogP contribution in [0.1, 0.15) is 18.9 Å². The molecule has 0 aliphatic heterocycles. The average Bonchev–Trinajstić information content (AvgIpc) is 2.49. The standard InChI is InChI=1S/C15H27N3O2/c1-4-7-16-15-14(6-5-8-17-15)13-18(9-11-19-2)10-12-20-3/h5-6,8H,4,7,9-13H2,1-3H3,(H,16,17). The minimum atomic E-state index is 0.724. The van der Waals surface area contributed by atoms with Crippen molar-refractivity contribution in [2.45, 2.75) is 19.9 Å². The monoisotopic (exact) mass is 281 g/mol. The third kappa shape index (κ3) is 6.32. The van der Waals surface area contributed by atoms with Gasteiger partial charge < -0.3 is 14.8 Å². The number of nitrogens with zero attached hydrogens (tertiary/aromatic N) is 2. The molecule has 1 N–H and O–H groups in total. The normalized spacial score (nSPS) is 11.0. The molecule has 0 amide bonds. The summed E-state index contributed by atoms with van der Waals surface area (Å²) in [7, 11) is 3.46. The van der Waals surface area contributed by atoms with E-state index in [9.17, 15) is 0 Å². The molecular weight excluding hydrogens is 254 g/mol. The zero-order valence-corrected chi connectivity index (χ0v) is 12.9. The summed E-state index contributed by atoms with van der Waals surface area (Å²) in [5, 5.41) is 3.38. The van der Waals surface area contributed by atoms with Crippen LogP contribution in [-0.4, -0.2) is 57.0 Å². The van der Waals surface area contributed by atoms with Gasteiger partial charge in [-0.1, -0.05) is 13.0 Å². The number of aromatic nitrogens is 1. The Morgan fingerprint density at radius 2 is 1.90 bits per heavy atom. The van der Waals surface area contributed by atoms with Crippen LogP contribution in [-0.2, 0) is 16.0 Å². The van der Waals surface area contributed by atoms with Crippen molar-refractivity contribution < 1.29 is 9.47 Å². The van der Waals surface area contributed by atoms with Gasteiger partial charge in [-0.05, 0) is 12.5 Å². The zero-order chi connectivity index (χ0) is 14.6. The number of anilines is 1. The minimum Gasteiger partial charge on any atom is -0.383 e. The van der Waals surface area contributed by atoms with Crippen LogP contribution in [0.5, 0.6) is 0 Å². The molecule has 0 fully saturated rings. The van der Waals surface area contributed by atoms with Crippen molar-refractivity contribution in [1.29, 1.82) is 0 Å². The van der Waals surface area contributed by atoms with Crippen molar-refractivity contribution in [3.05, 3.63) is 23.9 Å². The molecule has 0 aliphatic carbocycles. The third-order valence-electron chi connectivity index (χ3n) is 3.05. The fraction of sp³-hybridized carbons (Fsp3) is 0.667. The summed E-state index contributed by atoms with van der Waals surface area (Å²) in [6.45, 7) is 7.18. The lowest BCUT2D eigenvalue weighted by molar-refractivity contribution is 0.110. The fourth-order valence-corrected chi connectivity index (χ4v) is 1.92. The van der Waals surface area contributed by atoms with E-state index in [0.29, 0.717) is 0 Å². The first-order valence-corrected chi connectivity index (χ1v) is 7.19. The van der Waals surface area contributed by atoms with Crippen molar-refractivity contribution >= 4 is 5.82 Å². The van der Waals surface area contributed by atoms with E-state index >= 15 is 0 Å². The minimum absolute atomic E-state index is 0.724. The van der Waals surface area contributed by atoms with Gasteiger partial charge in [0.05, 0.1) is 13.2 Å². The van der Waals surface area contributed by atoms with E-state index < -0.39 is 0 Å². The van der Waals surface area contributed by atoms with E-state index in [0.717, 1.165) is 51.6 Å². The number of pyridine rings is 1. The summed E-state index contributed by atoms with van der Waals surface area (Å²) in [5.74, 6) is 0.981. The number of hydrogen-bond acceptors (Lipinski definition) is 5. The number of nitrogens with one attached hydrogen (secondary N) is 1. The molecule has 0 radical (unpaired) electrons. The van der Waals surface area contributed by atoms with Gasteiger partial charge in [0.2, 0.25) is 0 Å². The lowest BCUT2D eigenvalue weighted by Crippen LogP contribution is -2.30. The second-order valence-electron chi connectivity index (χ2n) is 4.70. The molecule has 0 aliphatic rings. The van der Waals surface area contributed by atoms with Gasteiger partial charge in [0.15, 0.2) is 0 Å². The van der Waals surface area contributed by atoms with Gasteiger partial charge >= 0.3 is 0 Å². The largest absolute Gasteiger partial charge is 0.383 e. The SMILES string of the molecule is CCCNc1ncccc1CN(CCOC)CCOC. The van der Waals surface area contributed by atoms with Crippen molar-refractivity contribution in [3.8, 4) is 0 Å². The van der Waals surface area contributed by atoms with E-state index in [2.05, 4.69) is 28.2 Å². The highest BCUT2D eigenvalue weighted by atomic mass is 16.5. The quantitative estimate of drug-likeness (QED) is 0.672. The molecule has 1 heterocycles. The molecule has 5 heteroatoms. The first-order chi connectivity index (χ1) is 9.81. The maximum Gasteiger partial charge on any atom is 0.130 e. The Balaban J connectivity index is 2.65. The number of methoxy groups -OCH3 is 2. The lowest BCUT2D eigenvalue weighted by Gasteiger charge is -2.22. The van der Waals surface area contributed by atoms with Crippen LogP contribution in [0.25, 0.3) is 0 Å². The maximum absolute atomic E-state index is 5.17. The Morgan fingerprint density at radius 1 is 1.20 bits per heavy atom. The summed E-state index contributed by atoms with van der Waals surface area (Å²) in [6, 6.07) is 4.11. The van der Waals surface area contributed by atoms with Crippen LogP contribution in [0.3, 0.4) is 0 Å². The zero-order valence-electron chi connectivity index (χ0n) is 12.9. The van der Waals surface area contributed by atoms with Crippen molar-refractivity contribution in [1.82, 2.24) is 9.88 Å². The van der Waals surface area contributed by atoms with E-state index in [1.165, 1.54) is 5.56 Å². The molecule has 0 aromatic carbocycles. The first kappa shape index (κ1) is 16.9. The van der Waals surface area contributed by atoms with Crippen LogP contribution >= 0.6 is 0 Å². The highest BCUT2D eigenvalue weighted by Crippen LogP contribution is 2.14. The summed E-state index contributed by atoms with van der Waals surface area (Å²) in [4.78, 5) is 6.75. The topological polar surface area (TPSA) is 46.6 Å². The van der Waals surface area contributed by atoms with Crippen LogP contribution in [0.4, 0.5) is 5.82 Å². The van der Waals surface area contributed by atoms with Crippen LogP contribution in [0.2, 0.25) is 0 Å². The summed E-state index contributed by atoms with van der Waals surface area (Å²) < 4.78 is 10.3. The molecule has 1 aromatic heterocycles. The molecule has 1 rings (SSSR count). The second-order valence-corrected chi connectivity index (χ2v) is 4.70. The summed E-state index contributed by atoms with van der Waals surface area (Å²) in [6.07, 6.45) is 2.92. The second kappa shape index (κ2) is 10.6. The smallest absolute Gasteiger partial charge is 0.130 e. The molecule has 0 unspecified atom stereocenters. The molecule has 0 saturated carbocycles. The van der Waals surface area contributed by atoms with E-state index in [1.807, 2.05) is 12.3 Å². The van der Waals surface area contributed by atoms with Gasteiger partial charge in [0.25, 0.3) is 0 Å². The Kier molecular flexibility index (Phi) is 8.95. The molecule has 114 valence electrons. The Hall–Kier alpha value is -1.17. The van der Waals surface area contributed by atoms with Crippen LogP contribution in [0, 0.1) is 0 Å². The molecule has 0 atom stereocenters. The number of hydrogen-bond donors (Lipinski definition) is 1. The average molecular weight is 281 g/mol. The Labute approximate surface area is 122 Å². The molecular formula is C15H27N3O2. The van der Waals surface area contributed by atoms with E-state index in [1.54, 1.807) is 14.2 Å². The highest BCUT2D eigenvalue weighted by Gasteiger charge is 2.09. The Bertz CT molecular complexity index is 353.